The van der Waals surface area contributed by atoms with Crippen molar-refractivity contribution < 1.29 is 4.79 Å². The maximum atomic E-state index is 11.7. The Kier molecular flexibility index (Phi) is 4.76. The fourth-order valence-corrected chi connectivity index (χ4v) is 4.40. The van der Waals surface area contributed by atoms with E-state index in [-0.39, 0.29) is 6.03 Å². The predicted molar refractivity (Wildman–Crippen MR) is 89.8 cm³/mol. The van der Waals surface area contributed by atoms with Crippen LogP contribution in [0.3, 0.4) is 0 Å². The van der Waals surface area contributed by atoms with Gasteiger partial charge in [0, 0.05) is 26.7 Å². The Labute approximate surface area is 134 Å². The molecule has 0 aromatic rings. The average molecular weight is 305 g/mol. The van der Waals surface area contributed by atoms with E-state index >= 15 is 0 Å². The van der Waals surface area contributed by atoms with Gasteiger partial charge in [-0.25, -0.2) is 4.79 Å². The van der Waals surface area contributed by atoms with Crippen molar-refractivity contribution in [1.29, 1.82) is 0 Å². The lowest BCUT2D eigenvalue weighted by Crippen LogP contribution is -2.56. The number of hydrogen-bond acceptors (Lipinski definition) is 2. The Hall–Kier alpha value is -1.03. The molecule has 4 heteroatoms. The van der Waals surface area contributed by atoms with E-state index in [0.717, 1.165) is 5.92 Å². The van der Waals surface area contributed by atoms with Crippen LogP contribution in [0, 0.1) is 11.3 Å². The molecule has 2 fully saturated rings. The first kappa shape index (κ1) is 15.9. The molecule has 0 unspecified atom stereocenters. The quantitative estimate of drug-likeness (QED) is 0.814. The first-order valence-corrected chi connectivity index (χ1v) is 8.91. The molecule has 4 nitrogen and oxygen atoms in total. The van der Waals surface area contributed by atoms with E-state index in [2.05, 4.69) is 22.4 Å². The van der Waals surface area contributed by atoms with Crippen LogP contribution in [0.15, 0.2) is 12.2 Å². The number of piperidine rings is 1. The normalized spacial score (nSPS) is 28.4. The molecule has 1 saturated carbocycles. The largest absolute Gasteiger partial charge is 0.335 e. The molecule has 0 aromatic heterocycles. The number of urea groups is 1. The summed E-state index contributed by atoms with van der Waals surface area (Å²) >= 11 is 0. The highest BCUT2D eigenvalue weighted by molar-refractivity contribution is 5.74. The van der Waals surface area contributed by atoms with Crippen LogP contribution in [0.25, 0.3) is 0 Å². The highest BCUT2D eigenvalue weighted by Crippen LogP contribution is 2.49. The Morgan fingerprint density at radius 1 is 1.27 bits per heavy atom. The number of carbonyl (C=O) groups excluding carboxylic acids is 1. The molecule has 1 saturated heterocycles. The number of hydrogen-bond donors (Lipinski definition) is 1. The zero-order chi connectivity index (χ0) is 15.6. The van der Waals surface area contributed by atoms with Gasteiger partial charge in [0.1, 0.15) is 0 Å². The van der Waals surface area contributed by atoms with Gasteiger partial charge < -0.3 is 15.1 Å². The van der Waals surface area contributed by atoms with Gasteiger partial charge in [0.15, 0.2) is 0 Å². The summed E-state index contributed by atoms with van der Waals surface area (Å²) in [6, 6.07) is 0.465. The third-order valence-corrected chi connectivity index (χ3v) is 5.90. The lowest BCUT2D eigenvalue weighted by atomic mass is 9.60. The molecule has 124 valence electrons. The zero-order valence-corrected chi connectivity index (χ0v) is 14.2. The van der Waals surface area contributed by atoms with Gasteiger partial charge in [-0.15, -0.1) is 0 Å². The Balaban J connectivity index is 1.38. The van der Waals surface area contributed by atoms with Crippen molar-refractivity contribution in [3.05, 3.63) is 12.2 Å². The number of nitrogens with one attached hydrogen (secondary N) is 1. The SMILES string of the molecule is CN(C)C(=O)NC1CC2(CCN(C[C@@H]3CC=CCC3)CC2)C1. The summed E-state index contributed by atoms with van der Waals surface area (Å²) in [6.07, 6.45) is 13.6. The molecule has 1 heterocycles. The van der Waals surface area contributed by atoms with E-state index in [9.17, 15) is 4.79 Å². The Morgan fingerprint density at radius 2 is 2.00 bits per heavy atom. The summed E-state index contributed by atoms with van der Waals surface area (Å²) in [7, 11) is 3.62. The number of allylic oxidation sites excluding steroid dienone is 2. The summed E-state index contributed by atoms with van der Waals surface area (Å²) in [5, 5.41) is 3.13. The summed E-state index contributed by atoms with van der Waals surface area (Å²) in [4.78, 5) is 16.0. The lowest BCUT2D eigenvalue weighted by molar-refractivity contribution is 0.00415. The fourth-order valence-electron chi connectivity index (χ4n) is 4.40. The smallest absolute Gasteiger partial charge is 0.317 e. The average Bonchev–Trinajstić information content (AvgIpc) is 2.48. The molecule has 1 atom stereocenters. The van der Waals surface area contributed by atoms with Gasteiger partial charge in [0.25, 0.3) is 0 Å². The lowest BCUT2D eigenvalue weighted by Gasteiger charge is -2.52. The Bertz CT molecular complexity index is 416. The van der Waals surface area contributed by atoms with Gasteiger partial charge in [0.2, 0.25) is 0 Å². The third-order valence-electron chi connectivity index (χ3n) is 5.90. The molecule has 2 aliphatic carbocycles. The van der Waals surface area contributed by atoms with Gasteiger partial charge in [0.05, 0.1) is 0 Å². The molecule has 2 amide bonds. The van der Waals surface area contributed by atoms with E-state index in [1.165, 1.54) is 64.6 Å². The van der Waals surface area contributed by atoms with Crippen LogP contribution in [0.4, 0.5) is 4.79 Å². The fraction of sp³-hybridized carbons (Fsp3) is 0.833. The predicted octanol–water partition coefficient (Wildman–Crippen LogP) is 2.86. The highest BCUT2D eigenvalue weighted by atomic mass is 16.2. The van der Waals surface area contributed by atoms with Crippen molar-refractivity contribution >= 4 is 6.03 Å². The third kappa shape index (κ3) is 3.65. The maximum absolute atomic E-state index is 11.7. The molecule has 3 rings (SSSR count). The second-order valence-corrected chi connectivity index (χ2v) is 7.90. The van der Waals surface area contributed by atoms with Gasteiger partial charge in [-0.05, 0) is 69.4 Å². The van der Waals surface area contributed by atoms with Gasteiger partial charge in [-0.1, -0.05) is 12.2 Å². The molecule has 0 aromatic carbocycles. The molecule has 0 radical (unpaired) electrons. The standard InChI is InChI=1S/C18H31N3O/c1-20(2)17(22)19-16-12-18(13-16)8-10-21(11-9-18)14-15-6-4-3-5-7-15/h3-4,15-16H,5-14H2,1-2H3,(H,19,22)/t15-/m1/s1. The van der Waals surface area contributed by atoms with E-state index in [0.29, 0.717) is 11.5 Å². The molecule has 1 spiro atoms. The van der Waals surface area contributed by atoms with Crippen molar-refractivity contribution in [2.24, 2.45) is 11.3 Å². The second-order valence-electron chi connectivity index (χ2n) is 7.90. The van der Waals surface area contributed by atoms with Crippen LogP contribution in [0.2, 0.25) is 0 Å². The van der Waals surface area contributed by atoms with Gasteiger partial charge >= 0.3 is 6.03 Å². The van der Waals surface area contributed by atoms with E-state index in [1.54, 1.807) is 4.90 Å². The maximum Gasteiger partial charge on any atom is 0.317 e. The molecule has 0 bridgehead atoms. The van der Waals surface area contributed by atoms with E-state index < -0.39 is 0 Å². The minimum atomic E-state index is 0.0580. The van der Waals surface area contributed by atoms with Gasteiger partial charge in [-0.3, -0.25) is 0 Å². The topological polar surface area (TPSA) is 35.6 Å². The van der Waals surface area contributed by atoms with Gasteiger partial charge in [-0.2, -0.15) is 0 Å². The van der Waals surface area contributed by atoms with Crippen molar-refractivity contribution in [2.75, 3.05) is 33.7 Å². The Morgan fingerprint density at radius 3 is 2.59 bits per heavy atom. The molecule has 3 aliphatic rings. The van der Waals surface area contributed by atoms with Crippen molar-refractivity contribution in [2.45, 2.75) is 51.0 Å². The van der Waals surface area contributed by atoms with Crippen molar-refractivity contribution in [3.63, 3.8) is 0 Å². The zero-order valence-electron chi connectivity index (χ0n) is 14.2. The van der Waals surface area contributed by atoms with Crippen LogP contribution < -0.4 is 5.32 Å². The molecule has 1 N–H and O–H groups in total. The molecular weight excluding hydrogens is 274 g/mol. The van der Waals surface area contributed by atoms with Crippen molar-refractivity contribution in [3.8, 4) is 0 Å². The van der Waals surface area contributed by atoms with Crippen LogP contribution in [0.5, 0.6) is 0 Å². The molecule has 1 aliphatic heterocycles. The number of likely N-dealkylation sites (tertiary alicyclic amines) is 1. The molecular formula is C18H31N3O. The molecule has 22 heavy (non-hydrogen) atoms. The summed E-state index contributed by atoms with van der Waals surface area (Å²) in [5.74, 6) is 0.882. The summed E-state index contributed by atoms with van der Waals surface area (Å²) in [6.45, 7) is 3.81. The van der Waals surface area contributed by atoms with Crippen LogP contribution >= 0.6 is 0 Å². The minimum Gasteiger partial charge on any atom is -0.335 e. The number of amides is 2. The number of carbonyl (C=O) groups is 1. The highest BCUT2D eigenvalue weighted by Gasteiger charge is 2.46. The van der Waals surface area contributed by atoms with Crippen LogP contribution in [-0.2, 0) is 0 Å². The van der Waals surface area contributed by atoms with E-state index in [1.807, 2.05) is 14.1 Å². The van der Waals surface area contributed by atoms with E-state index in [4.69, 9.17) is 0 Å². The number of rotatable bonds is 3. The monoisotopic (exact) mass is 305 g/mol. The number of nitrogens with zero attached hydrogens (tertiary/aromatic N) is 2. The first-order valence-electron chi connectivity index (χ1n) is 8.91. The minimum absolute atomic E-state index is 0.0580. The first-order chi connectivity index (χ1) is 10.6. The second kappa shape index (κ2) is 6.61. The van der Waals surface area contributed by atoms with Crippen molar-refractivity contribution in [1.82, 2.24) is 15.1 Å². The van der Waals surface area contributed by atoms with Crippen LogP contribution in [-0.4, -0.2) is 55.6 Å². The summed E-state index contributed by atoms with van der Waals surface area (Å²) < 4.78 is 0. The summed E-state index contributed by atoms with van der Waals surface area (Å²) in [5.41, 5.74) is 0.535. The van der Waals surface area contributed by atoms with Crippen LogP contribution in [0.1, 0.15) is 44.9 Å².